The van der Waals surface area contributed by atoms with Gasteiger partial charge >= 0.3 is 0 Å². The Morgan fingerprint density at radius 2 is 2.15 bits per heavy atom. The monoisotopic (exact) mass is 300 g/mol. The summed E-state index contributed by atoms with van der Waals surface area (Å²) >= 11 is 0. The molecule has 2 rings (SSSR count). The van der Waals surface area contributed by atoms with Gasteiger partial charge in [0, 0.05) is 18.2 Å². The zero-order valence-electron chi connectivity index (χ0n) is 11.8. The second kappa shape index (κ2) is 7.97. The van der Waals surface area contributed by atoms with E-state index >= 15 is 0 Å². The van der Waals surface area contributed by atoms with Crippen LogP contribution in [0.5, 0.6) is 11.5 Å². The van der Waals surface area contributed by atoms with Crippen molar-refractivity contribution < 1.29 is 32.0 Å². The molecular formula is C14H21ClN2O3. The van der Waals surface area contributed by atoms with Crippen LogP contribution in [0.2, 0.25) is 0 Å². The third kappa shape index (κ3) is 4.02. The van der Waals surface area contributed by atoms with Gasteiger partial charge in [-0.1, -0.05) is 13.3 Å². The minimum Gasteiger partial charge on any atom is -1.00 e. The summed E-state index contributed by atoms with van der Waals surface area (Å²) in [5.74, 6) is 1.45. The Morgan fingerprint density at radius 1 is 1.40 bits per heavy atom. The standard InChI is InChI=1S/C14H20N2O3.ClH/c1-3-4-5-11(15-2)14(17)16-10-6-7-12-13(8-10)19-9-18-12;/h6-8,11,15H,3-5,9H2,1-2H3,(H,16,17);1H. The second-order valence-electron chi connectivity index (χ2n) is 4.64. The van der Waals surface area contributed by atoms with Crippen molar-refractivity contribution in [3.8, 4) is 11.5 Å². The molecule has 1 aliphatic heterocycles. The first-order valence-corrected chi connectivity index (χ1v) is 6.74. The molecule has 0 radical (unpaired) electrons. The van der Waals surface area contributed by atoms with Gasteiger partial charge in [0.05, 0.1) is 7.05 Å². The number of nitrogens with one attached hydrogen (secondary N) is 1. The lowest BCUT2D eigenvalue weighted by Crippen LogP contribution is -3.00. The van der Waals surface area contributed by atoms with Crippen LogP contribution in [0.25, 0.3) is 0 Å². The number of benzene rings is 1. The number of halogens is 1. The number of ether oxygens (including phenoxy) is 2. The van der Waals surface area contributed by atoms with Crippen molar-refractivity contribution in [2.24, 2.45) is 0 Å². The predicted molar refractivity (Wildman–Crippen MR) is 72.4 cm³/mol. The molecule has 1 atom stereocenters. The van der Waals surface area contributed by atoms with Crippen LogP contribution in [0.3, 0.4) is 0 Å². The molecule has 0 aromatic heterocycles. The van der Waals surface area contributed by atoms with Gasteiger partial charge in [-0.05, 0) is 18.6 Å². The number of fused-ring (bicyclic) bond motifs is 1. The number of carbonyl (C=O) groups is 1. The molecule has 1 unspecified atom stereocenters. The molecule has 0 aliphatic carbocycles. The normalized spacial score (nSPS) is 13.5. The first-order valence-electron chi connectivity index (χ1n) is 6.74. The maximum atomic E-state index is 12.1. The molecule has 1 aliphatic rings. The summed E-state index contributed by atoms with van der Waals surface area (Å²) in [6, 6.07) is 5.41. The molecular weight excluding hydrogens is 280 g/mol. The summed E-state index contributed by atoms with van der Waals surface area (Å²) in [5.41, 5.74) is 0.748. The number of anilines is 1. The van der Waals surface area contributed by atoms with Crippen LogP contribution in [-0.4, -0.2) is 25.8 Å². The highest BCUT2D eigenvalue weighted by molar-refractivity contribution is 5.94. The van der Waals surface area contributed by atoms with E-state index in [1.54, 1.807) is 6.07 Å². The highest BCUT2D eigenvalue weighted by Crippen LogP contribution is 2.34. The number of quaternary nitrogens is 1. The van der Waals surface area contributed by atoms with Gasteiger partial charge in [0.2, 0.25) is 6.79 Å². The topological polar surface area (TPSA) is 64.2 Å². The lowest BCUT2D eigenvalue weighted by atomic mass is 10.1. The van der Waals surface area contributed by atoms with E-state index in [4.69, 9.17) is 9.47 Å². The van der Waals surface area contributed by atoms with E-state index in [0.717, 1.165) is 30.7 Å². The number of nitrogens with two attached hydrogens (primary N) is 1. The zero-order valence-corrected chi connectivity index (χ0v) is 12.6. The molecule has 1 heterocycles. The Kier molecular flexibility index (Phi) is 6.61. The van der Waals surface area contributed by atoms with E-state index in [2.05, 4.69) is 12.2 Å². The molecule has 20 heavy (non-hydrogen) atoms. The van der Waals surface area contributed by atoms with Crippen LogP contribution in [-0.2, 0) is 4.79 Å². The minimum atomic E-state index is -0.0367. The fourth-order valence-electron chi connectivity index (χ4n) is 2.08. The average Bonchev–Trinajstić information content (AvgIpc) is 2.87. The largest absolute Gasteiger partial charge is 1.00 e. The first kappa shape index (κ1) is 16.6. The fourth-order valence-corrected chi connectivity index (χ4v) is 2.08. The average molecular weight is 301 g/mol. The van der Waals surface area contributed by atoms with Gasteiger partial charge in [-0.15, -0.1) is 0 Å². The molecule has 0 saturated heterocycles. The SMILES string of the molecule is CCCCC([NH2+]C)C(=O)Nc1ccc2c(c1)OCO2.[Cl-]. The smallest absolute Gasteiger partial charge is 0.282 e. The van der Waals surface area contributed by atoms with Crippen molar-refractivity contribution in [2.75, 3.05) is 19.2 Å². The van der Waals surface area contributed by atoms with Gasteiger partial charge in [-0.3, -0.25) is 4.79 Å². The van der Waals surface area contributed by atoms with E-state index in [0.29, 0.717) is 5.75 Å². The van der Waals surface area contributed by atoms with E-state index in [1.807, 2.05) is 24.5 Å². The van der Waals surface area contributed by atoms with E-state index in [-0.39, 0.29) is 31.1 Å². The van der Waals surface area contributed by atoms with Gasteiger partial charge in [0.15, 0.2) is 17.5 Å². The molecule has 0 fully saturated rings. The summed E-state index contributed by atoms with van der Waals surface area (Å²) < 4.78 is 10.5. The van der Waals surface area contributed by atoms with Crippen molar-refractivity contribution in [1.82, 2.24) is 0 Å². The predicted octanol–water partition coefficient (Wildman–Crippen LogP) is -1.89. The van der Waals surface area contributed by atoms with E-state index in [9.17, 15) is 4.79 Å². The Balaban J connectivity index is 0.00000200. The second-order valence-corrected chi connectivity index (χ2v) is 4.64. The van der Waals surface area contributed by atoms with Crippen molar-refractivity contribution >= 4 is 11.6 Å². The molecule has 1 amide bonds. The Labute approximate surface area is 125 Å². The number of hydrogen-bond donors (Lipinski definition) is 2. The molecule has 112 valence electrons. The quantitative estimate of drug-likeness (QED) is 0.646. The van der Waals surface area contributed by atoms with Crippen LogP contribution in [0.4, 0.5) is 5.69 Å². The molecule has 5 nitrogen and oxygen atoms in total. The maximum Gasteiger partial charge on any atom is 0.282 e. The van der Waals surface area contributed by atoms with Crippen LogP contribution in [0.1, 0.15) is 26.2 Å². The van der Waals surface area contributed by atoms with Crippen molar-refractivity contribution in [3.63, 3.8) is 0 Å². The molecule has 0 saturated carbocycles. The molecule has 1 aromatic carbocycles. The third-order valence-electron chi connectivity index (χ3n) is 3.25. The fraction of sp³-hybridized carbons (Fsp3) is 0.500. The number of rotatable bonds is 6. The lowest BCUT2D eigenvalue weighted by Gasteiger charge is -2.13. The van der Waals surface area contributed by atoms with Gasteiger partial charge in [-0.25, -0.2) is 0 Å². The van der Waals surface area contributed by atoms with E-state index < -0.39 is 0 Å². The molecule has 0 bridgehead atoms. The summed E-state index contributed by atoms with van der Waals surface area (Å²) in [5, 5.41) is 4.88. The molecule has 1 aromatic rings. The van der Waals surface area contributed by atoms with Crippen molar-refractivity contribution in [1.29, 1.82) is 0 Å². The number of hydrogen-bond acceptors (Lipinski definition) is 3. The molecule has 3 N–H and O–H groups in total. The Hall–Kier alpha value is -1.46. The van der Waals surface area contributed by atoms with Crippen LogP contribution >= 0.6 is 0 Å². The van der Waals surface area contributed by atoms with Crippen LogP contribution < -0.4 is 32.5 Å². The van der Waals surface area contributed by atoms with Crippen LogP contribution in [0, 0.1) is 0 Å². The maximum absolute atomic E-state index is 12.1. The number of amides is 1. The lowest BCUT2D eigenvalue weighted by molar-refractivity contribution is -0.650. The van der Waals surface area contributed by atoms with Crippen molar-refractivity contribution in [2.45, 2.75) is 32.2 Å². The van der Waals surface area contributed by atoms with Gasteiger partial charge < -0.3 is 32.5 Å². The third-order valence-corrected chi connectivity index (χ3v) is 3.25. The molecule has 6 heteroatoms. The van der Waals surface area contributed by atoms with Crippen LogP contribution in [0.15, 0.2) is 18.2 Å². The van der Waals surface area contributed by atoms with E-state index in [1.165, 1.54) is 0 Å². The summed E-state index contributed by atoms with van der Waals surface area (Å²) in [6.07, 6.45) is 3.05. The molecule has 0 spiro atoms. The summed E-state index contributed by atoms with van der Waals surface area (Å²) in [7, 11) is 1.93. The number of carbonyl (C=O) groups excluding carboxylic acids is 1. The first-order chi connectivity index (χ1) is 9.24. The highest BCUT2D eigenvalue weighted by Gasteiger charge is 2.20. The number of likely N-dealkylation sites (N-methyl/N-ethyl adjacent to an activating group) is 1. The zero-order chi connectivity index (χ0) is 13.7. The number of unbranched alkanes of at least 4 members (excludes halogenated alkanes) is 1. The Bertz CT molecular complexity index is 454. The van der Waals surface area contributed by atoms with Gasteiger partial charge in [0.1, 0.15) is 0 Å². The Morgan fingerprint density at radius 3 is 2.85 bits per heavy atom. The summed E-state index contributed by atoms with van der Waals surface area (Å²) in [6.45, 7) is 2.37. The van der Waals surface area contributed by atoms with Gasteiger partial charge in [0.25, 0.3) is 5.91 Å². The minimum absolute atomic E-state index is 0. The highest BCUT2D eigenvalue weighted by atomic mass is 35.5. The summed E-state index contributed by atoms with van der Waals surface area (Å²) in [4.78, 5) is 12.1. The van der Waals surface area contributed by atoms with Gasteiger partial charge in [-0.2, -0.15) is 0 Å². The van der Waals surface area contributed by atoms with Crippen molar-refractivity contribution in [3.05, 3.63) is 18.2 Å².